The number of likely N-dealkylation sites (N-methyl/N-ethyl adjacent to an activating group) is 1. The Morgan fingerprint density at radius 2 is 1.97 bits per heavy atom. The molecule has 0 N–H and O–H groups in total. The minimum absolute atomic E-state index is 0.105. The van der Waals surface area contributed by atoms with Crippen LogP contribution in [0.25, 0.3) is 10.2 Å². The maximum Gasteiger partial charge on any atom is 0.298 e. The molecule has 1 aliphatic rings. The summed E-state index contributed by atoms with van der Waals surface area (Å²) in [7, 11) is 0. The van der Waals surface area contributed by atoms with Gasteiger partial charge in [-0.25, -0.2) is 4.98 Å². The van der Waals surface area contributed by atoms with Crippen molar-refractivity contribution in [1.29, 1.82) is 0 Å². The van der Waals surface area contributed by atoms with Gasteiger partial charge in [0.25, 0.3) is 5.91 Å². The number of hydrogen-bond acceptors (Lipinski definition) is 6. The second kappa shape index (κ2) is 8.20. The maximum absolute atomic E-state index is 13.5. The van der Waals surface area contributed by atoms with E-state index in [9.17, 15) is 4.79 Å². The number of aromatic nitrogens is 4. The third-order valence-corrected chi connectivity index (χ3v) is 6.93. The van der Waals surface area contributed by atoms with E-state index < -0.39 is 0 Å². The molecule has 0 spiro atoms. The van der Waals surface area contributed by atoms with Crippen LogP contribution in [0.1, 0.15) is 47.8 Å². The predicted octanol–water partition coefficient (Wildman–Crippen LogP) is 3.44. The number of carbonyl (C=O) groups is 1. The summed E-state index contributed by atoms with van der Waals surface area (Å²) in [4.78, 5) is 22.5. The summed E-state index contributed by atoms with van der Waals surface area (Å²) < 4.78 is 3.07. The topological polar surface area (TPSA) is 67.2 Å². The molecule has 0 radical (unpaired) electrons. The molecule has 0 saturated carbocycles. The zero-order chi connectivity index (χ0) is 20.5. The third-order valence-electron chi connectivity index (χ3n) is 5.88. The van der Waals surface area contributed by atoms with E-state index >= 15 is 0 Å². The fourth-order valence-electron chi connectivity index (χ4n) is 3.82. The first-order valence-corrected chi connectivity index (χ1v) is 11.2. The van der Waals surface area contributed by atoms with Gasteiger partial charge < -0.3 is 9.47 Å². The summed E-state index contributed by atoms with van der Waals surface area (Å²) in [6, 6.07) is 4.22. The molecule has 3 aromatic rings. The van der Waals surface area contributed by atoms with Gasteiger partial charge in [-0.3, -0.25) is 9.69 Å². The molecule has 2 aromatic heterocycles. The zero-order valence-electron chi connectivity index (χ0n) is 17.6. The summed E-state index contributed by atoms with van der Waals surface area (Å²) in [6.45, 7) is 12.6. The molecule has 0 unspecified atom stereocenters. The molecule has 29 heavy (non-hydrogen) atoms. The first-order chi connectivity index (χ1) is 14.0. The van der Waals surface area contributed by atoms with Crippen LogP contribution >= 0.6 is 11.3 Å². The molecular formula is C21H28N6OS. The lowest BCUT2D eigenvalue weighted by atomic mass is 10.1. The first-order valence-electron chi connectivity index (χ1n) is 10.4. The number of carbonyl (C=O) groups excluding carboxylic acids is 1. The number of anilines is 1. The fourth-order valence-corrected chi connectivity index (χ4v) is 4.87. The van der Waals surface area contributed by atoms with Crippen LogP contribution in [0.5, 0.6) is 0 Å². The average Bonchev–Trinajstić information content (AvgIpc) is 3.43. The van der Waals surface area contributed by atoms with E-state index in [2.05, 4.69) is 54.9 Å². The summed E-state index contributed by atoms with van der Waals surface area (Å²) in [5.41, 5.74) is 3.37. The lowest BCUT2D eigenvalue weighted by molar-refractivity contribution is 0.0969. The monoisotopic (exact) mass is 412 g/mol. The van der Waals surface area contributed by atoms with Crippen LogP contribution in [0.3, 0.4) is 0 Å². The van der Waals surface area contributed by atoms with Crippen molar-refractivity contribution in [3.8, 4) is 0 Å². The van der Waals surface area contributed by atoms with E-state index in [1.807, 2.05) is 4.57 Å². The Labute approximate surface area is 175 Å². The van der Waals surface area contributed by atoms with Gasteiger partial charge in [-0.05, 0) is 50.6 Å². The highest BCUT2D eigenvalue weighted by Gasteiger charge is 2.29. The standard InChI is InChI=1S/C21H28N6OS/c1-5-25(6-2)12-13-27(20(28)19-24-23-17-8-7-11-26(17)19)21-22-18-15(4)14(3)9-10-16(18)29-21/h9-10H,5-8,11-13H2,1-4H3. The largest absolute Gasteiger partial charge is 0.307 e. The molecule has 1 aromatic carbocycles. The van der Waals surface area contributed by atoms with Crippen molar-refractivity contribution in [2.45, 2.75) is 47.1 Å². The Morgan fingerprint density at radius 1 is 1.17 bits per heavy atom. The quantitative estimate of drug-likeness (QED) is 0.595. The van der Waals surface area contributed by atoms with Gasteiger partial charge in [0.1, 0.15) is 5.82 Å². The SMILES string of the molecule is CCN(CC)CCN(C(=O)c1nnc2n1CCC2)c1nc2c(C)c(C)ccc2s1. The van der Waals surface area contributed by atoms with E-state index in [1.165, 1.54) is 11.1 Å². The Bertz CT molecular complexity index is 1040. The lowest BCUT2D eigenvalue weighted by Crippen LogP contribution is -2.40. The van der Waals surface area contributed by atoms with Crippen molar-refractivity contribution in [2.75, 3.05) is 31.1 Å². The number of benzene rings is 1. The smallest absolute Gasteiger partial charge is 0.298 e. The minimum atomic E-state index is -0.105. The van der Waals surface area contributed by atoms with Gasteiger partial charge in [0.2, 0.25) is 5.82 Å². The van der Waals surface area contributed by atoms with Crippen LogP contribution in [0.2, 0.25) is 0 Å². The first kappa shape index (κ1) is 20.0. The molecule has 154 valence electrons. The van der Waals surface area contributed by atoms with Crippen molar-refractivity contribution >= 4 is 32.6 Å². The average molecular weight is 413 g/mol. The molecule has 8 heteroatoms. The van der Waals surface area contributed by atoms with E-state index in [0.29, 0.717) is 12.4 Å². The molecule has 1 amide bonds. The van der Waals surface area contributed by atoms with Crippen LogP contribution in [0, 0.1) is 13.8 Å². The number of thiazole rings is 1. The summed E-state index contributed by atoms with van der Waals surface area (Å²) in [6.07, 6.45) is 1.91. The third kappa shape index (κ3) is 3.67. The van der Waals surface area contributed by atoms with E-state index in [0.717, 1.165) is 60.2 Å². The van der Waals surface area contributed by atoms with Gasteiger partial charge in [-0.2, -0.15) is 0 Å². The van der Waals surface area contributed by atoms with Gasteiger partial charge in [0.15, 0.2) is 5.13 Å². The minimum Gasteiger partial charge on any atom is -0.307 e. The fraction of sp³-hybridized carbons (Fsp3) is 0.524. The Balaban J connectivity index is 1.72. The number of nitrogens with zero attached hydrogens (tertiary/aromatic N) is 6. The highest BCUT2D eigenvalue weighted by molar-refractivity contribution is 7.22. The molecule has 1 aliphatic heterocycles. The highest BCUT2D eigenvalue weighted by atomic mass is 32.1. The summed E-state index contributed by atoms with van der Waals surface area (Å²) in [5, 5.41) is 9.19. The van der Waals surface area contributed by atoms with Gasteiger partial charge in [0, 0.05) is 26.1 Å². The van der Waals surface area contributed by atoms with Crippen LogP contribution in [-0.4, -0.2) is 56.7 Å². The van der Waals surface area contributed by atoms with Crippen LogP contribution in [0.4, 0.5) is 5.13 Å². The summed E-state index contributed by atoms with van der Waals surface area (Å²) in [5.74, 6) is 1.24. The zero-order valence-corrected chi connectivity index (χ0v) is 18.4. The van der Waals surface area contributed by atoms with Gasteiger partial charge in [-0.15, -0.1) is 10.2 Å². The molecule has 0 fully saturated rings. The molecule has 7 nitrogen and oxygen atoms in total. The van der Waals surface area contributed by atoms with Crippen LogP contribution in [0.15, 0.2) is 12.1 Å². The number of hydrogen-bond donors (Lipinski definition) is 0. The van der Waals surface area contributed by atoms with Gasteiger partial charge >= 0.3 is 0 Å². The van der Waals surface area contributed by atoms with E-state index in [-0.39, 0.29) is 5.91 Å². The second-order valence-electron chi connectivity index (χ2n) is 7.53. The lowest BCUT2D eigenvalue weighted by Gasteiger charge is -2.24. The normalized spacial score (nSPS) is 13.4. The maximum atomic E-state index is 13.5. The molecule has 3 heterocycles. The molecule has 4 rings (SSSR count). The van der Waals surface area contributed by atoms with Gasteiger partial charge in [-0.1, -0.05) is 31.3 Å². The van der Waals surface area contributed by atoms with Crippen molar-refractivity contribution in [3.05, 3.63) is 34.9 Å². The number of aryl methyl sites for hydroxylation is 3. The summed E-state index contributed by atoms with van der Waals surface area (Å²) >= 11 is 1.57. The Morgan fingerprint density at radius 3 is 2.72 bits per heavy atom. The molecule has 0 bridgehead atoms. The van der Waals surface area contributed by atoms with E-state index in [4.69, 9.17) is 4.98 Å². The van der Waals surface area contributed by atoms with Crippen molar-refractivity contribution in [1.82, 2.24) is 24.6 Å². The molecule has 0 saturated heterocycles. The molecule has 0 aliphatic carbocycles. The Hall–Kier alpha value is -2.32. The van der Waals surface area contributed by atoms with Crippen molar-refractivity contribution < 1.29 is 4.79 Å². The van der Waals surface area contributed by atoms with Crippen LogP contribution in [-0.2, 0) is 13.0 Å². The molecule has 0 atom stereocenters. The predicted molar refractivity (Wildman–Crippen MR) is 117 cm³/mol. The molecular weight excluding hydrogens is 384 g/mol. The highest BCUT2D eigenvalue weighted by Crippen LogP contribution is 2.32. The van der Waals surface area contributed by atoms with Crippen molar-refractivity contribution in [3.63, 3.8) is 0 Å². The second-order valence-corrected chi connectivity index (χ2v) is 8.54. The number of rotatable bonds is 7. The number of amides is 1. The van der Waals surface area contributed by atoms with Crippen molar-refractivity contribution in [2.24, 2.45) is 0 Å². The Kier molecular flexibility index (Phi) is 5.65. The number of fused-ring (bicyclic) bond motifs is 2. The van der Waals surface area contributed by atoms with Crippen LogP contribution < -0.4 is 4.90 Å². The van der Waals surface area contributed by atoms with Gasteiger partial charge in [0.05, 0.1) is 10.2 Å². The van der Waals surface area contributed by atoms with E-state index in [1.54, 1.807) is 16.2 Å².